The van der Waals surface area contributed by atoms with Crippen LogP contribution in [0.25, 0.3) is 22.2 Å². The van der Waals surface area contributed by atoms with Gasteiger partial charge in [-0.1, -0.05) is 66.7 Å². The minimum absolute atomic E-state index is 0.0502. The topological polar surface area (TPSA) is 27.1 Å². The van der Waals surface area contributed by atoms with Crippen molar-refractivity contribution in [1.82, 2.24) is 9.78 Å². The van der Waals surface area contributed by atoms with Crippen LogP contribution in [0, 0.1) is 6.92 Å². The van der Waals surface area contributed by atoms with E-state index < -0.39 is 11.7 Å². The van der Waals surface area contributed by atoms with Gasteiger partial charge in [-0.3, -0.25) is 4.68 Å². The average Bonchev–Trinajstić information content (AvgIpc) is 3.21. The summed E-state index contributed by atoms with van der Waals surface area (Å²) in [5.74, 6) is 0.686. The van der Waals surface area contributed by atoms with Gasteiger partial charge in [0.15, 0.2) is 0 Å². The van der Waals surface area contributed by atoms with Crippen molar-refractivity contribution in [2.75, 3.05) is 0 Å². The third kappa shape index (κ3) is 4.78. The molecule has 6 heteroatoms. The highest BCUT2D eigenvalue weighted by Gasteiger charge is 2.34. The van der Waals surface area contributed by atoms with Crippen molar-refractivity contribution in [2.24, 2.45) is 0 Å². The standard InChI is InChI=1S/C29H23F3N2O/c1-20-8-5-6-11-23(20)19-35-24-16-14-22(15-17-24)28-25-12-7-13-26(29(30,31)32)27(25)33-34(28)18-21-9-3-2-4-10-21/h2-17H,18-19H2,1H3. The number of nitrogens with zero attached hydrogens (tertiary/aromatic N) is 2. The van der Waals surface area contributed by atoms with Gasteiger partial charge in [0.05, 0.1) is 17.8 Å². The predicted molar refractivity (Wildman–Crippen MR) is 131 cm³/mol. The number of aromatic nitrogens is 2. The lowest BCUT2D eigenvalue weighted by atomic mass is 10.0. The second-order valence-electron chi connectivity index (χ2n) is 8.43. The Morgan fingerprint density at radius 3 is 2.23 bits per heavy atom. The fourth-order valence-electron chi connectivity index (χ4n) is 4.20. The zero-order valence-electron chi connectivity index (χ0n) is 19.1. The normalized spacial score (nSPS) is 11.7. The van der Waals surface area contributed by atoms with Crippen LogP contribution in [-0.4, -0.2) is 9.78 Å². The van der Waals surface area contributed by atoms with Crippen LogP contribution >= 0.6 is 0 Å². The molecule has 3 nitrogen and oxygen atoms in total. The highest BCUT2D eigenvalue weighted by Crippen LogP contribution is 2.38. The van der Waals surface area contributed by atoms with Crippen LogP contribution in [0.15, 0.2) is 97.1 Å². The Hall–Kier alpha value is -4.06. The van der Waals surface area contributed by atoms with Gasteiger partial charge in [-0.2, -0.15) is 18.3 Å². The van der Waals surface area contributed by atoms with Gasteiger partial charge in [0, 0.05) is 10.9 Å². The number of hydrogen-bond acceptors (Lipinski definition) is 2. The van der Waals surface area contributed by atoms with Crippen molar-refractivity contribution in [1.29, 1.82) is 0 Å². The molecule has 0 aliphatic carbocycles. The Bertz CT molecular complexity index is 1460. The van der Waals surface area contributed by atoms with Crippen molar-refractivity contribution in [3.8, 4) is 17.0 Å². The van der Waals surface area contributed by atoms with E-state index in [1.54, 1.807) is 10.7 Å². The van der Waals surface area contributed by atoms with Crippen LogP contribution in [0.5, 0.6) is 5.75 Å². The molecule has 0 saturated carbocycles. The molecule has 4 aromatic carbocycles. The first-order chi connectivity index (χ1) is 16.9. The van der Waals surface area contributed by atoms with E-state index in [-0.39, 0.29) is 5.52 Å². The molecule has 35 heavy (non-hydrogen) atoms. The van der Waals surface area contributed by atoms with Crippen molar-refractivity contribution >= 4 is 10.9 Å². The molecular formula is C29H23F3N2O. The zero-order chi connectivity index (χ0) is 24.4. The third-order valence-corrected chi connectivity index (χ3v) is 6.03. The maximum absolute atomic E-state index is 13.7. The minimum Gasteiger partial charge on any atom is -0.489 e. The Morgan fingerprint density at radius 1 is 0.800 bits per heavy atom. The van der Waals surface area contributed by atoms with Gasteiger partial charge in [0.2, 0.25) is 0 Å². The van der Waals surface area contributed by atoms with Crippen LogP contribution < -0.4 is 4.74 Å². The van der Waals surface area contributed by atoms with E-state index in [9.17, 15) is 13.2 Å². The lowest BCUT2D eigenvalue weighted by Crippen LogP contribution is -2.06. The predicted octanol–water partition coefficient (Wildman–Crippen LogP) is 7.66. The monoisotopic (exact) mass is 472 g/mol. The summed E-state index contributed by atoms with van der Waals surface area (Å²) in [4.78, 5) is 0. The molecule has 0 fully saturated rings. The maximum atomic E-state index is 13.7. The average molecular weight is 473 g/mol. The molecule has 0 aliphatic heterocycles. The number of benzene rings is 4. The van der Waals surface area contributed by atoms with Gasteiger partial charge in [0.25, 0.3) is 0 Å². The number of fused-ring (bicyclic) bond motifs is 1. The first kappa shape index (κ1) is 22.7. The van der Waals surface area contributed by atoms with E-state index in [2.05, 4.69) is 5.10 Å². The van der Waals surface area contributed by atoms with Crippen molar-refractivity contribution in [3.63, 3.8) is 0 Å². The lowest BCUT2D eigenvalue weighted by Gasteiger charge is -2.11. The van der Waals surface area contributed by atoms with Crippen molar-refractivity contribution in [2.45, 2.75) is 26.3 Å². The molecule has 1 heterocycles. The summed E-state index contributed by atoms with van der Waals surface area (Å²) < 4.78 is 48.8. The van der Waals surface area contributed by atoms with E-state index >= 15 is 0 Å². The van der Waals surface area contributed by atoms with Crippen LogP contribution in [0.4, 0.5) is 13.2 Å². The molecule has 176 valence electrons. The fourth-order valence-corrected chi connectivity index (χ4v) is 4.20. The van der Waals surface area contributed by atoms with E-state index in [1.807, 2.05) is 85.8 Å². The highest BCUT2D eigenvalue weighted by molar-refractivity contribution is 5.95. The van der Waals surface area contributed by atoms with E-state index in [1.165, 1.54) is 6.07 Å². The molecule has 0 saturated heterocycles. The Morgan fingerprint density at radius 2 is 1.51 bits per heavy atom. The summed E-state index contributed by atoms with van der Waals surface area (Å²) in [5.41, 5.74) is 3.83. The van der Waals surface area contributed by atoms with Crippen molar-refractivity contribution < 1.29 is 17.9 Å². The van der Waals surface area contributed by atoms with Gasteiger partial charge in [-0.25, -0.2) is 0 Å². The Balaban J connectivity index is 1.53. The molecule has 0 atom stereocenters. The van der Waals surface area contributed by atoms with Gasteiger partial charge < -0.3 is 4.74 Å². The lowest BCUT2D eigenvalue weighted by molar-refractivity contribution is -0.136. The van der Waals surface area contributed by atoms with Crippen LogP contribution in [0.2, 0.25) is 0 Å². The molecule has 0 spiro atoms. The number of rotatable bonds is 6. The molecule has 0 aliphatic rings. The second-order valence-corrected chi connectivity index (χ2v) is 8.43. The molecule has 5 aromatic rings. The van der Waals surface area contributed by atoms with Gasteiger partial charge >= 0.3 is 6.18 Å². The Kier molecular flexibility index (Phi) is 6.03. The first-order valence-electron chi connectivity index (χ1n) is 11.3. The Labute approximate surface area is 201 Å². The number of alkyl halides is 3. The van der Waals surface area contributed by atoms with Crippen LogP contribution in [0.3, 0.4) is 0 Å². The molecule has 1 aromatic heterocycles. The van der Waals surface area contributed by atoms with Gasteiger partial charge in [0.1, 0.15) is 17.9 Å². The summed E-state index contributed by atoms with van der Waals surface area (Å²) in [5, 5.41) is 4.89. The summed E-state index contributed by atoms with van der Waals surface area (Å²) in [6.45, 7) is 2.83. The summed E-state index contributed by atoms with van der Waals surface area (Å²) in [6.07, 6.45) is -4.49. The molecule has 5 rings (SSSR count). The minimum atomic E-state index is -4.49. The fraction of sp³-hybridized carbons (Fsp3) is 0.138. The second kappa shape index (κ2) is 9.29. The maximum Gasteiger partial charge on any atom is 0.418 e. The quantitative estimate of drug-likeness (QED) is 0.254. The molecule has 0 unspecified atom stereocenters. The highest BCUT2D eigenvalue weighted by atomic mass is 19.4. The molecule has 0 bridgehead atoms. The number of ether oxygens (including phenoxy) is 1. The summed E-state index contributed by atoms with van der Waals surface area (Å²) in [6, 6.07) is 29.2. The SMILES string of the molecule is Cc1ccccc1COc1ccc(-c2c3cccc(C(F)(F)F)c3nn2Cc2ccccc2)cc1. The van der Waals surface area contributed by atoms with E-state index in [4.69, 9.17) is 4.74 Å². The van der Waals surface area contributed by atoms with E-state index in [0.29, 0.717) is 30.0 Å². The van der Waals surface area contributed by atoms with E-state index in [0.717, 1.165) is 28.3 Å². The largest absolute Gasteiger partial charge is 0.489 e. The molecule has 0 radical (unpaired) electrons. The number of hydrogen-bond donors (Lipinski definition) is 0. The zero-order valence-corrected chi connectivity index (χ0v) is 19.1. The van der Waals surface area contributed by atoms with Crippen LogP contribution in [-0.2, 0) is 19.3 Å². The van der Waals surface area contributed by atoms with Crippen LogP contribution in [0.1, 0.15) is 22.3 Å². The molecule has 0 N–H and O–H groups in total. The van der Waals surface area contributed by atoms with Gasteiger partial charge in [-0.05, 0) is 53.9 Å². The summed E-state index contributed by atoms with van der Waals surface area (Å²) >= 11 is 0. The summed E-state index contributed by atoms with van der Waals surface area (Å²) in [7, 11) is 0. The molecule has 0 amide bonds. The molecular weight excluding hydrogens is 449 g/mol. The number of halogens is 3. The number of aryl methyl sites for hydroxylation is 1. The smallest absolute Gasteiger partial charge is 0.418 e. The third-order valence-electron chi connectivity index (χ3n) is 6.03. The van der Waals surface area contributed by atoms with Crippen molar-refractivity contribution in [3.05, 3.63) is 119 Å². The van der Waals surface area contributed by atoms with Gasteiger partial charge in [-0.15, -0.1) is 0 Å². The first-order valence-corrected chi connectivity index (χ1v) is 11.3.